The van der Waals surface area contributed by atoms with E-state index in [4.69, 9.17) is 10.8 Å². The van der Waals surface area contributed by atoms with Crippen LogP contribution in [0.25, 0.3) is 0 Å². The molecule has 2 atom stereocenters. The van der Waals surface area contributed by atoms with E-state index in [2.05, 4.69) is 12.2 Å². The number of nitrogens with two attached hydrogens (primary N) is 1. The molecule has 110 valence electrons. The van der Waals surface area contributed by atoms with E-state index >= 15 is 0 Å². The van der Waals surface area contributed by atoms with Crippen LogP contribution in [0, 0.1) is 5.92 Å². The van der Waals surface area contributed by atoms with Gasteiger partial charge in [-0.15, -0.1) is 0 Å². The molecule has 4 heteroatoms. The summed E-state index contributed by atoms with van der Waals surface area (Å²) in [6.45, 7) is 2.97. The summed E-state index contributed by atoms with van der Waals surface area (Å²) in [5, 5.41) is 12.5. The monoisotopic (exact) mass is 276 g/mol. The van der Waals surface area contributed by atoms with Crippen LogP contribution in [0.5, 0.6) is 0 Å². The number of aromatic carboxylic acids is 1. The fourth-order valence-corrected chi connectivity index (χ4v) is 3.10. The summed E-state index contributed by atoms with van der Waals surface area (Å²) in [7, 11) is 0. The molecule has 1 saturated carbocycles. The van der Waals surface area contributed by atoms with Crippen LogP contribution >= 0.6 is 0 Å². The average molecular weight is 276 g/mol. The zero-order chi connectivity index (χ0) is 14.5. The van der Waals surface area contributed by atoms with Crippen molar-refractivity contribution in [2.24, 2.45) is 5.92 Å². The SMILES string of the molecule is CCC1CCCCC1NCc1ccc(C(=O)O)cc1N. The standard InChI is InChI=1S/C16H24N2O2/c1-2-11-5-3-4-6-15(11)18-10-13-8-7-12(16(19)20)9-14(13)17/h7-9,11,15,18H,2-6,10,17H2,1H3,(H,19,20). The van der Waals surface area contributed by atoms with Crippen molar-refractivity contribution in [2.45, 2.75) is 51.6 Å². The number of hydrogen-bond donors (Lipinski definition) is 3. The first kappa shape index (κ1) is 14.9. The topological polar surface area (TPSA) is 75.3 Å². The van der Waals surface area contributed by atoms with Crippen molar-refractivity contribution in [3.05, 3.63) is 29.3 Å². The molecule has 0 aromatic heterocycles. The van der Waals surface area contributed by atoms with E-state index in [1.54, 1.807) is 6.07 Å². The number of benzene rings is 1. The van der Waals surface area contributed by atoms with E-state index in [1.165, 1.54) is 38.2 Å². The van der Waals surface area contributed by atoms with Crippen LogP contribution in [-0.4, -0.2) is 17.1 Å². The number of hydrogen-bond acceptors (Lipinski definition) is 3. The minimum atomic E-state index is -0.936. The number of carboxylic acid groups (broad SMARTS) is 1. The highest BCUT2D eigenvalue weighted by molar-refractivity contribution is 5.88. The molecule has 2 rings (SSSR count). The lowest BCUT2D eigenvalue weighted by Crippen LogP contribution is -2.37. The van der Waals surface area contributed by atoms with Gasteiger partial charge in [-0.25, -0.2) is 4.79 Å². The Bertz CT molecular complexity index is 474. The van der Waals surface area contributed by atoms with Gasteiger partial charge in [-0.2, -0.15) is 0 Å². The molecule has 0 bridgehead atoms. The Labute approximate surface area is 120 Å². The molecule has 0 spiro atoms. The van der Waals surface area contributed by atoms with E-state index in [0.717, 1.165) is 11.5 Å². The quantitative estimate of drug-likeness (QED) is 0.723. The van der Waals surface area contributed by atoms with Crippen LogP contribution in [-0.2, 0) is 6.54 Å². The summed E-state index contributed by atoms with van der Waals surface area (Å²) >= 11 is 0. The van der Waals surface area contributed by atoms with Gasteiger partial charge in [0.15, 0.2) is 0 Å². The van der Waals surface area contributed by atoms with E-state index in [1.807, 2.05) is 6.07 Å². The second-order valence-corrected chi connectivity index (χ2v) is 5.66. The van der Waals surface area contributed by atoms with Crippen LogP contribution in [0.4, 0.5) is 5.69 Å². The highest BCUT2D eigenvalue weighted by Crippen LogP contribution is 2.27. The largest absolute Gasteiger partial charge is 0.478 e. The lowest BCUT2D eigenvalue weighted by atomic mass is 9.83. The lowest BCUT2D eigenvalue weighted by molar-refractivity contribution is 0.0697. The molecule has 20 heavy (non-hydrogen) atoms. The predicted molar refractivity (Wildman–Crippen MR) is 80.7 cm³/mol. The maximum Gasteiger partial charge on any atom is 0.335 e. The van der Waals surface area contributed by atoms with E-state index in [9.17, 15) is 4.79 Å². The molecular weight excluding hydrogens is 252 g/mol. The number of nitrogen functional groups attached to an aromatic ring is 1. The molecule has 1 aromatic rings. The Hall–Kier alpha value is -1.55. The maximum absolute atomic E-state index is 10.9. The molecule has 1 aromatic carbocycles. The van der Waals surface area contributed by atoms with Gasteiger partial charge in [-0.05, 0) is 36.5 Å². The van der Waals surface area contributed by atoms with Crippen LogP contribution in [0.15, 0.2) is 18.2 Å². The Morgan fingerprint density at radius 2 is 2.15 bits per heavy atom. The van der Waals surface area contributed by atoms with E-state index in [-0.39, 0.29) is 5.56 Å². The molecule has 0 heterocycles. The fraction of sp³-hybridized carbons (Fsp3) is 0.562. The highest BCUT2D eigenvalue weighted by atomic mass is 16.4. The van der Waals surface area contributed by atoms with Gasteiger partial charge >= 0.3 is 5.97 Å². The fourth-order valence-electron chi connectivity index (χ4n) is 3.10. The molecule has 0 aliphatic heterocycles. The molecule has 4 nitrogen and oxygen atoms in total. The van der Waals surface area contributed by atoms with E-state index in [0.29, 0.717) is 18.3 Å². The van der Waals surface area contributed by atoms with Crippen molar-refractivity contribution in [1.29, 1.82) is 0 Å². The summed E-state index contributed by atoms with van der Waals surface area (Å²) in [6, 6.07) is 5.54. The third-order valence-corrected chi connectivity index (χ3v) is 4.38. The Kier molecular flexibility index (Phi) is 5.01. The number of carboxylic acids is 1. The molecular formula is C16H24N2O2. The summed E-state index contributed by atoms with van der Waals surface area (Å²) in [5.41, 5.74) is 7.72. The summed E-state index contributed by atoms with van der Waals surface area (Å²) in [4.78, 5) is 10.9. The summed E-state index contributed by atoms with van der Waals surface area (Å²) in [5.74, 6) is -0.183. The number of anilines is 1. The molecule has 1 fully saturated rings. The van der Waals surface area contributed by atoms with Gasteiger partial charge in [0.05, 0.1) is 5.56 Å². The summed E-state index contributed by atoms with van der Waals surface area (Å²) < 4.78 is 0. The third-order valence-electron chi connectivity index (χ3n) is 4.38. The molecule has 0 saturated heterocycles. The Balaban J connectivity index is 1.98. The minimum absolute atomic E-state index is 0.246. The summed E-state index contributed by atoms with van der Waals surface area (Å²) in [6.07, 6.45) is 6.38. The number of rotatable bonds is 5. The Morgan fingerprint density at radius 3 is 2.80 bits per heavy atom. The highest BCUT2D eigenvalue weighted by Gasteiger charge is 2.23. The predicted octanol–water partition coefficient (Wildman–Crippen LogP) is 3.03. The van der Waals surface area contributed by atoms with Gasteiger partial charge < -0.3 is 16.2 Å². The minimum Gasteiger partial charge on any atom is -0.478 e. The first-order valence-corrected chi connectivity index (χ1v) is 7.47. The smallest absolute Gasteiger partial charge is 0.335 e. The lowest BCUT2D eigenvalue weighted by Gasteiger charge is -2.31. The van der Waals surface area contributed by atoms with Crippen molar-refractivity contribution in [1.82, 2.24) is 5.32 Å². The van der Waals surface area contributed by atoms with Crippen LogP contribution in [0.2, 0.25) is 0 Å². The molecule has 0 radical (unpaired) electrons. The first-order chi connectivity index (χ1) is 9.61. The molecule has 0 amide bonds. The average Bonchev–Trinajstić information content (AvgIpc) is 2.46. The normalized spacial score (nSPS) is 22.6. The van der Waals surface area contributed by atoms with Gasteiger partial charge in [0.2, 0.25) is 0 Å². The van der Waals surface area contributed by atoms with Gasteiger partial charge in [0.1, 0.15) is 0 Å². The van der Waals surface area contributed by atoms with Gasteiger partial charge in [-0.3, -0.25) is 0 Å². The zero-order valence-electron chi connectivity index (χ0n) is 12.1. The van der Waals surface area contributed by atoms with E-state index < -0.39 is 5.97 Å². The zero-order valence-corrected chi connectivity index (χ0v) is 12.1. The van der Waals surface area contributed by atoms with Crippen molar-refractivity contribution >= 4 is 11.7 Å². The maximum atomic E-state index is 10.9. The number of nitrogens with one attached hydrogen (secondary N) is 1. The second-order valence-electron chi connectivity index (χ2n) is 5.66. The molecule has 2 unspecified atom stereocenters. The van der Waals surface area contributed by atoms with Crippen molar-refractivity contribution in [3.63, 3.8) is 0 Å². The second kappa shape index (κ2) is 6.75. The van der Waals surface area contributed by atoms with Crippen molar-refractivity contribution in [2.75, 3.05) is 5.73 Å². The number of carbonyl (C=O) groups is 1. The molecule has 4 N–H and O–H groups in total. The van der Waals surface area contributed by atoms with Gasteiger partial charge in [0, 0.05) is 18.3 Å². The van der Waals surface area contributed by atoms with Crippen LogP contribution < -0.4 is 11.1 Å². The van der Waals surface area contributed by atoms with Gasteiger partial charge in [-0.1, -0.05) is 32.3 Å². The van der Waals surface area contributed by atoms with Gasteiger partial charge in [0.25, 0.3) is 0 Å². The third kappa shape index (κ3) is 3.51. The molecule has 1 aliphatic carbocycles. The molecule has 1 aliphatic rings. The van der Waals surface area contributed by atoms with Crippen molar-refractivity contribution in [3.8, 4) is 0 Å². The Morgan fingerprint density at radius 1 is 1.40 bits per heavy atom. The van der Waals surface area contributed by atoms with Crippen molar-refractivity contribution < 1.29 is 9.90 Å². The van der Waals surface area contributed by atoms with Crippen LogP contribution in [0.3, 0.4) is 0 Å². The first-order valence-electron chi connectivity index (χ1n) is 7.47. The van der Waals surface area contributed by atoms with Crippen LogP contribution in [0.1, 0.15) is 54.9 Å².